The fraction of sp³-hybridized carbons (Fsp3) is 0.132. The van der Waals surface area contributed by atoms with Crippen LogP contribution < -0.4 is 9.80 Å². The van der Waals surface area contributed by atoms with Crippen LogP contribution in [0.15, 0.2) is 297 Å². The molecular formula is C76H65BrN12O2. The van der Waals surface area contributed by atoms with Gasteiger partial charge >= 0.3 is 0 Å². The van der Waals surface area contributed by atoms with Gasteiger partial charge < -0.3 is 19.3 Å². The van der Waals surface area contributed by atoms with Crippen molar-refractivity contribution in [3.8, 4) is 27.9 Å². The van der Waals surface area contributed by atoms with Gasteiger partial charge in [-0.05, 0) is 74.8 Å². The minimum Gasteiger partial charge on any atom is -0.378 e. The first-order chi connectivity index (χ1) is 45.0. The third kappa shape index (κ3) is 11.9. The third-order valence-electron chi connectivity index (χ3n) is 17.0. The van der Waals surface area contributed by atoms with Gasteiger partial charge in [0.1, 0.15) is 22.7 Å². The van der Waals surface area contributed by atoms with Gasteiger partial charge in [0.15, 0.2) is 0 Å². The molecule has 2 aliphatic rings. The molecule has 448 valence electrons. The monoisotopic (exact) mass is 1260 g/mol. The van der Waals surface area contributed by atoms with Gasteiger partial charge in [-0.3, -0.25) is 14.5 Å². The summed E-state index contributed by atoms with van der Waals surface area (Å²) in [6.07, 6.45) is 15.7. The van der Waals surface area contributed by atoms with E-state index in [-0.39, 0.29) is 0 Å². The molecule has 8 heterocycles. The van der Waals surface area contributed by atoms with Gasteiger partial charge in [-0.25, -0.2) is 14.6 Å². The minimum absolute atomic E-state index is 0.611. The smallest absolute Gasteiger partial charge is 0.138 e. The number of nitrogens with one attached hydrogen (secondary N) is 1. The maximum Gasteiger partial charge on any atom is 0.138 e. The second-order valence-electron chi connectivity index (χ2n) is 22.4. The molecule has 2 aliphatic heterocycles. The average Bonchev–Trinajstić information content (AvgIpc) is 1.75. The Morgan fingerprint density at radius 3 is 1.25 bits per heavy atom. The van der Waals surface area contributed by atoms with Gasteiger partial charge in [0, 0.05) is 83.4 Å². The normalized spacial score (nSPS) is 13.5. The van der Waals surface area contributed by atoms with Gasteiger partial charge in [-0.15, -0.1) is 0 Å². The van der Waals surface area contributed by atoms with Crippen LogP contribution in [0.1, 0.15) is 33.4 Å². The van der Waals surface area contributed by atoms with E-state index >= 15 is 0 Å². The lowest BCUT2D eigenvalue weighted by molar-refractivity contribution is 0.122. The molecule has 8 aromatic carbocycles. The summed E-state index contributed by atoms with van der Waals surface area (Å²) in [5.41, 5.74) is 12.9. The number of ether oxygens (including phenoxy) is 2. The first kappa shape index (κ1) is 58.1. The summed E-state index contributed by atoms with van der Waals surface area (Å²) >= 11 is 3.43. The van der Waals surface area contributed by atoms with Crippen molar-refractivity contribution >= 4 is 49.4 Å². The van der Waals surface area contributed by atoms with Crippen molar-refractivity contribution in [2.24, 2.45) is 0 Å². The van der Waals surface area contributed by atoms with Crippen LogP contribution in [0.25, 0.3) is 49.7 Å². The Bertz CT molecular complexity index is 4450. The maximum atomic E-state index is 5.54. The van der Waals surface area contributed by atoms with E-state index in [1.807, 2.05) is 60.1 Å². The Balaban J connectivity index is 0.000000136. The second-order valence-corrected chi connectivity index (χ2v) is 23.3. The zero-order valence-electron chi connectivity index (χ0n) is 50.0. The van der Waals surface area contributed by atoms with Gasteiger partial charge in [0.05, 0.1) is 67.9 Å². The summed E-state index contributed by atoms with van der Waals surface area (Å²) in [6, 6.07) is 84.5. The molecule has 1 N–H and O–H groups in total. The lowest BCUT2D eigenvalue weighted by Gasteiger charge is -2.36. The number of morpholine rings is 2. The number of nitrogens with zero attached hydrogens (tertiary/aromatic N) is 11. The number of rotatable bonds is 13. The van der Waals surface area contributed by atoms with E-state index in [1.54, 1.807) is 0 Å². The van der Waals surface area contributed by atoms with Gasteiger partial charge in [0.2, 0.25) is 0 Å². The number of benzene rings is 8. The predicted molar refractivity (Wildman–Crippen MR) is 365 cm³/mol. The Labute approximate surface area is 536 Å². The zero-order valence-corrected chi connectivity index (χ0v) is 51.6. The van der Waals surface area contributed by atoms with Crippen LogP contribution in [0.4, 0.5) is 11.6 Å². The molecule has 0 aliphatic carbocycles. The Morgan fingerprint density at radius 1 is 0.385 bits per heavy atom. The number of hydrogen-bond donors (Lipinski definition) is 1. The summed E-state index contributed by atoms with van der Waals surface area (Å²) in [7, 11) is 0. The molecule has 0 atom stereocenters. The lowest BCUT2D eigenvalue weighted by atomic mass is 9.77. The van der Waals surface area contributed by atoms with Crippen LogP contribution in [0.2, 0.25) is 0 Å². The van der Waals surface area contributed by atoms with E-state index in [4.69, 9.17) is 24.8 Å². The largest absolute Gasteiger partial charge is 0.378 e. The SMILES string of the molecule is Brc1ccnc(N2CCOCC2)c1.c1ccc(C(c2ccccc2)(c2ccccc2)n2cc(-c3ccc4cn[nH]c4c3)cn2)cc1.c1ccc(C(c2ccccc2)(c2ccccc2)n2cc(-c3ccc4cnn(-c5ccnc(N6CCOCC6)c5)c4c3)cn2)cc1. The molecule has 0 unspecified atom stereocenters. The first-order valence-corrected chi connectivity index (χ1v) is 31.4. The number of aromatic nitrogens is 10. The molecule has 16 rings (SSSR count). The van der Waals surface area contributed by atoms with E-state index in [0.29, 0.717) is 13.2 Å². The quantitative estimate of drug-likeness (QED) is 0.111. The summed E-state index contributed by atoms with van der Waals surface area (Å²) in [4.78, 5) is 13.4. The number of anilines is 2. The van der Waals surface area contributed by atoms with Crippen molar-refractivity contribution in [3.63, 3.8) is 0 Å². The van der Waals surface area contributed by atoms with Crippen molar-refractivity contribution in [1.82, 2.24) is 49.5 Å². The van der Waals surface area contributed by atoms with Crippen molar-refractivity contribution in [3.05, 3.63) is 330 Å². The summed E-state index contributed by atoms with van der Waals surface area (Å²) < 4.78 is 18.1. The number of H-pyrrole nitrogens is 1. The highest BCUT2D eigenvalue weighted by atomic mass is 79.9. The van der Waals surface area contributed by atoms with Crippen LogP contribution in [0.5, 0.6) is 0 Å². The molecule has 2 fully saturated rings. The van der Waals surface area contributed by atoms with Crippen LogP contribution in [0, 0.1) is 0 Å². The average molecular weight is 1260 g/mol. The highest BCUT2D eigenvalue weighted by molar-refractivity contribution is 9.10. The Morgan fingerprint density at radius 2 is 0.802 bits per heavy atom. The lowest BCUT2D eigenvalue weighted by Crippen LogP contribution is -2.38. The van der Waals surface area contributed by atoms with Crippen LogP contribution in [-0.2, 0) is 20.6 Å². The molecule has 0 radical (unpaired) electrons. The highest BCUT2D eigenvalue weighted by Gasteiger charge is 2.41. The molecule has 14 aromatic rings. The Hall–Kier alpha value is -10.6. The summed E-state index contributed by atoms with van der Waals surface area (Å²) in [6.45, 7) is 6.57. The van der Waals surface area contributed by atoms with Crippen LogP contribution in [0.3, 0.4) is 0 Å². The minimum atomic E-state index is -0.666. The van der Waals surface area contributed by atoms with Crippen molar-refractivity contribution in [1.29, 1.82) is 0 Å². The highest BCUT2D eigenvalue weighted by Crippen LogP contribution is 2.43. The fourth-order valence-electron chi connectivity index (χ4n) is 12.6. The standard InChI is InChI=1S/C38H32N6O.C29H22N4.C9H11BrN2O/c1-4-10-32(11-5-1)38(33-12-6-2-7-13-33,34-14-8-3-9-15-34)43-28-31(27-40-43)29-16-17-30-26-41-44(36(30)24-29)35-18-19-39-37(25-35)42-20-22-45-23-21-42;1-4-10-25(11-5-1)29(26-12-6-2-7-13-26,27-14-8-3-9-15-27)33-21-24(20-31-33)22-16-17-23-19-30-32-28(23)18-22;10-8-1-2-11-9(7-8)12-3-5-13-6-4-12/h1-19,24-28H,20-23H2;1-21H,(H,30,32);1-2,7H,3-6H2. The molecule has 91 heavy (non-hydrogen) atoms. The molecule has 0 bridgehead atoms. The summed E-state index contributed by atoms with van der Waals surface area (Å²) in [5, 5.41) is 24.2. The van der Waals surface area contributed by atoms with E-state index in [2.05, 4.69) is 292 Å². The molecule has 14 nitrogen and oxygen atoms in total. The molecule has 6 aromatic heterocycles. The molecule has 0 spiro atoms. The van der Waals surface area contributed by atoms with E-state index < -0.39 is 11.1 Å². The molecule has 0 saturated carbocycles. The maximum absolute atomic E-state index is 5.54. The van der Waals surface area contributed by atoms with E-state index in [0.717, 1.165) is 139 Å². The molecule has 2 saturated heterocycles. The number of halogens is 1. The van der Waals surface area contributed by atoms with Crippen LogP contribution >= 0.6 is 15.9 Å². The molecular weight excluding hydrogens is 1190 g/mol. The number of pyridine rings is 2. The predicted octanol–water partition coefficient (Wildman–Crippen LogP) is 14.9. The van der Waals surface area contributed by atoms with Gasteiger partial charge in [-0.1, -0.05) is 222 Å². The van der Waals surface area contributed by atoms with E-state index in [9.17, 15) is 0 Å². The number of hydrogen-bond acceptors (Lipinski definition) is 10. The summed E-state index contributed by atoms with van der Waals surface area (Å²) in [5.74, 6) is 1.97. The number of aromatic amines is 1. The second kappa shape index (κ2) is 26.6. The van der Waals surface area contributed by atoms with Gasteiger partial charge in [0.25, 0.3) is 0 Å². The Kier molecular flexibility index (Phi) is 17.0. The zero-order chi connectivity index (χ0) is 61.2. The van der Waals surface area contributed by atoms with Crippen molar-refractivity contribution in [2.75, 3.05) is 62.4 Å². The molecule has 0 amide bonds. The van der Waals surface area contributed by atoms with Gasteiger partial charge in [-0.2, -0.15) is 20.4 Å². The van der Waals surface area contributed by atoms with E-state index in [1.165, 1.54) is 0 Å². The van der Waals surface area contributed by atoms with Crippen molar-refractivity contribution in [2.45, 2.75) is 11.1 Å². The first-order valence-electron chi connectivity index (χ1n) is 30.6. The van der Waals surface area contributed by atoms with Crippen LogP contribution in [-0.4, -0.2) is 102 Å². The topological polar surface area (TPSA) is 133 Å². The third-order valence-corrected chi connectivity index (χ3v) is 17.5. The number of fused-ring (bicyclic) bond motifs is 2. The molecule has 15 heteroatoms. The van der Waals surface area contributed by atoms with Crippen molar-refractivity contribution < 1.29 is 9.47 Å². The fourth-order valence-corrected chi connectivity index (χ4v) is 12.9.